The number of ether oxygens (including phenoxy) is 1. The third kappa shape index (κ3) is 1.71. The van der Waals surface area contributed by atoms with Gasteiger partial charge in [-0.1, -0.05) is 0 Å². The molecule has 2 N–H and O–H groups in total. The third-order valence-corrected chi connectivity index (χ3v) is 3.60. The van der Waals surface area contributed by atoms with E-state index in [1.54, 1.807) is 0 Å². The van der Waals surface area contributed by atoms with Crippen LogP contribution in [-0.4, -0.2) is 33.5 Å². The summed E-state index contributed by atoms with van der Waals surface area (Å²) in [5, 5.41) is 14.1. The molecule has 18 heavy (non-hydrogen) atoms. The van der Waals surface area contributed by atoms with E-state index in [4.69, 9.17) is 4.74 Å². The molecule has 0 aromatic carbocycles. The Morgan fingerprint density at radius 1 is 1.39 bits per heavy atom. The minimum Gasteiger partial charge on any atom is -0.455 e. The first-order valence-electron chi connectivity index (χ1n) is 6.29. The van der Waals surface area contributed by atoms with Gasteiger partial charge >= 0.3 is 5.97 Å². The van der Waals surface area contributed by atoms with Crippen molar-refractivity contribution in [2.45, 2.75) is 44.8 Å². The fourth-order valence-corrected chi connectivity index (χ4v) is 2.86. The molecule has 0 atom stereocenters. The third-order valence-electron chi connectivity index (χ3n) is 3.60. The van der Waals surface area contributed by atoms with Crippen LogP contribution in [0.25, 0.3) is 0 Å². The number of nitrogens with one attached hydrogen (secondary N) is 2. The fourth-order valence-electron chi connectivity index (χ4n) is 2.86. The van der Waals surface area contributed by atoms with E-state index in [1.807, 2.05) is 20.8 Å². The van der Waals surface area contributed by atoms with Gasteiger partial charge in [0.15, 0.2) is 5.69 Å². The van der Waals surface area contributed by atoms with Crippen molar-refractivity contribution in [2.75, 3.05) is 6.54 Å². The molecular weight excluding hydrogens is 232 g/mol. The number of aromatic amines is 1. The number of esters is 1. The molecule has 2 aliphatic heterocycles. The van der Waals surface area contributed by atoms with E-state index < -0.39 is 11.6 Å². The molecule has 3 fully saturated rings. The van der Waals surface area contributed by atoms with Crippen molar-refractivity contribution in [3.05, 3.63) is 11.4 Å². The largest absolute Gasteiger partial charge is 0.455 e. The van der Waals surface area contributed by atoms with Crippen LogP contribution < -0.4 is 5.32 Å². The van der Waals surface area contributed by atoms with Crippen LogP contribution >= 0.6 is 0 Å². The number of rotatable bonds is 2. The van der Waals surface area contributed by atoms with Gasteiger partial charge in [-0.05, 0) is 46.1 Å². The molecule has 2 bridgehead atoms. The molecule has 98 valence electrons. The second-order valence-corrected chi connectivity index (χ2v) is 6.26. The van der Waals surface area contributed by atoms with Gasteiger partial charge in [0.05, 0.1) is 5.54 Å². The van der Waals surface area contributed by atoms with Crippen molar-refractivity contribution in [3.8, 4) is 0 Å². The Bertz CT molecular complexity index is 477. The summed E-state index contributed by atoms with van der Waals surface area (Å²) in [6.07, 6.45) is 2.07. The van der Waals surface area contributed by atoms with Gasteiger partial charge in [-0.15, -0.1) is 5.10 Å². The van der Waals surface area contributed by atoms with Gasteiger partial charge in [-0.3, -0.25) is 0 Å². The molecule has 0 radical (unpaired) electrons. The van der Waals surface area contributed by atoms with Gasteiger partial charge in [0.25, 0.3) is 0 Å². The lowest BCUT2D eigenvalue weighted by Crippen LogP contribution is -2.42. The highest BCUT2D eigenvalue weighted by Crippen LogP contribution is 2.50. The molecule has 6 nitrogen and oxygen atoms in total. The zero-order chi connectivity index (χ0) is 13.0. The lowest BCUT2D eigenvalue weighted by molar-refractivity contribution is 0.00576. The number of carbonyl (C=O) groups is 1. The minimum atomic E-state index is -0.518. The number of nitrogens with zero attached hydrogens (tertiary/aromatic N) is 2. The predicted molar refractivity (Wildman–Crippen MR) is 64.0 cm³/mol. The zero-order valence-electron chi connectivity index (χ0n) is 10.9. The Labute approximate surface area is 105 Å². The molecule has 1 aromatic rings. The summed E-state index contributed by atoms with van der Waals surface area (Å²) >= 11 is 0. The number of fused-ring (bicyclic) bond motifs is 1. The Kier molecular flexibility index (Phi) is 2.29. The standard InChI is InChI=1S/C12H18N4O2/c1-11(2,3)18-10(17)8-9(15-16-14-8)12-4-7(5-12)6-13-12/h7,13H,4-6H2,1-3H3,(H,14,15,16). The molecule has 3 heterocycles. The first-order chi connectivity index (χ1) is 8.40. The van der Waals surface area contributed by atoms with Crippen molar-refractivity contribution in [1.29, 1.82) is 0 Å². The predicted octanol–water partition coefficient (Wildman–Crippen LogP) is 0.968. The monoisotopic (exact) mass is 250 g/mol. The van der Waals surface area contributed by atoms with Crippen molar-refractivity contribution < 1.29 is 9.53 Å². The van der Waals surface area contributed by atoms with Crippen LogP contribution in [0.2, 0.25) is 0 Å². The van der Waals surface area contributed by atoms with E-state index in [1.165, 1.54) is 0 Å². The second-order valence-electron chi connectivity index (χ2n) is 6.26. The number of hydrogen-bond donors (Lipinski definition) is 2. The van der Waals surface area contributed by atoms with Crippen LogP contribution in [0.15, 0.2) is 0 Å². The number of hydrogen-bond acceptors (Lipinski definition) is 5. The summed E-state index contributed by atoms with van der Waals surface area (Å²) in [7, 11) is 0. The maximum atomic E-state index is 12.1. The fraction of sp³-hybridized carbons (Fsp3) is 0.750. The summed E-state index contributed by atoms with van der Waals surface area (Å²) in [6, 6.07) is 0. The Balaban J connectivity index is 1.86. The molecule has 1 aliphatic carbocycles. The van der Waals surface area contributed by atoms with Gasteiger partial charge in [-0.2, -0.15) is 10.3 Å². The van der Waals surface area contributed by atoms with E-state index in [0.29, 0.717) is 17.3 Å². The van der Waals surface area contributed by atoms with Gasteiger partial charge in [0.2, 0.25) is 0 Å². The molecule has 0 spiro atoms. The van der Waals surface area contributed by atoms with E-state index in [9.17, 15) is 4.79 Å². The molecule has 3 aliphatic rings. The van der Waals surface area contributed by atoms with Crippen LogP contribution in [-0.2, 0) is 10.3 Å². The Hall–Kier alpha value is -1.43. The number of aromatic nitrogens is 3. The normalized spacial score (nSPS) is 30.1. The number of H-pyrrole nitrogens is 1. The highest BCUT2D eigenvalue weighted by atomic mass is 16.6. The smallest absolute Gasteiger partial charge is 0.361 e. The molecule has 0 amide bonds. The summed E-state index contributed by atoms with van der Waals surface area (Å²) in [5.41, 5.74) is 0.364. The zero-order valence-corrected chi connectivity index (χ0v) is 10.9. The molecule has 0 unspecified atom stereocenters. The van der Waals surface area contributed by atoms with Crippen molar-refractivity contribution in [3.63, 3.8) is 0 Å². The average molecular weight is 250 g/mol. The topological polar surface area (TPSA) is 79.9 Å². The Morgan fingerprint density at radius 3 is 2.67 bits per heavy atom. The van der Waals surface area contributed by atoms with Crippen LogP contribution in [0, 0.1) is 5.92 Å². The summed E-state index contributed by atoms with van der Waals surface area (Å²) < 4.78 is 5.36. The second kappa shape index (κ2) is 3.54. The summed E-state index contributed by atoms with van der Waals surface area (Å²) in [5.74, 6) is 0.311. The molecule has 4 rings (SSSR count). The van der Waals surface area contributed by atoms with Crippen LogP contribution in [0.5, 0.6) is 0 Å². The Morgan fingerprint density at radius 2 is 2.11 bits per heavy atom. The van der Waals surface area contributed by atoms with Gasteiger partial charge < -0.3 is 10.1 Å². The van der Waals surface area contributed by atoms with Gasteiger partial charge in [0, 0.05) is 0 Å². The summed E-state index contributed by atoms with van der Waals surface area (Å²) in [6.45, 7) is 6.53. The molecule has 1 saturated carbocycles. The lowest BCUT2D eigenvalue weighted by Gasteiger charge is -2.36. The van der Waals surface area contributed by atoms with Crippen LogP contribution in [0.1, 0.15) is 49.8 Å². The van der Waals surface area contributed by atoms with Crippen molar-refractivity contribution >= 4 is 5.97 Å². The summed E-state index contributed by atoms with van der Waals surface area (Å²) in [4.78, 5) is 12.1. The van der Waals surface area contributed by atoms with Crippen molar-refractivity contribution in [2.24, 2.45) is 5.92 Å². The quantitative estimate of drug-likeness (QED) is 0.764. The van der Waals surface area contributed by atoms with E-state index in [-0.39, 0.29) is 5.54 Å². The maximum Gasteiger partial charge on any atom is 0.361 e. The van der Waals surface area contributed by atoms with Crippen molar-refractivity contribution in [1.82, 2.24) is 20.7 Å². The molecule has 6 heteroatoms. The van der Waals surface area contributed by atoms with E-state index >= 15 is 0 Å². The van der Waals surface area contributed by atoms with Crippen LogP contribution in [0.4, 0.5) is 0 Å². The highest BCUT2D eigenvalue weighted by molar-refractivity contribution is 5.89. The van der Waals surface area contributed by atoms with Gasteiger partial charge in [-0.25, -0.2) is 4.79 Å². The molecule has 2 saturated heterocycles. The number of carbonyl (C=O) groups excluding carboxylic acids is 1. The highest BCUT2D eigenvalue weighted by Gasteiger charge is 2.54. The van der Waals surface area contributed by atoms with E-state index in [0.717, 1.165) is 19.4 Å². The van der Waals surface area contributed by atoms with Gasteiger partial charge in [0.1, 0.15) is 11.3 Å². The first-order valence-corrected chi connectivity index (χ1v) is 6.29. The van der Waals surface area contributed by atoms with E-state index in [2.05, 4.69) is 20.7 Å². The SMILES string of the molecule is CC(C)(C)OC(=O)c1n[nH]nc1C12CC(CN1)C2. The maximum absolute atomic E-state index is 12.1. The first kappa shape index (κ1) is 11.6. The lowest BCUT2D eigenvalue weighted by atomic mass is 9.71. The van der Waals surface area contributed by atoms with Crippen LogP contribution in [0.3, 0.4) is 0 Å². The minimum absolute atomic E-state index is 0.149. The molecule has 1 aromatic heterocycles. The molecular formula is C12H18N4O2. The average Bonchev–Trinajstić information content (AvgIpc) is 2.88.